The van der Waals surface area contributed by atoms with Gasteiger partial charge in [0, 0.05) is 34.4 Å². The number of aryl methyl sites for hydroxylation is 1. The summed E-state index contributed by atoms with van der Waals surface area (Å²) in [6, 6.07) is 19.4. The lowest BCUT2D eigenvalue weighted by Gasteiger charge is -2.26. The van der Waals surface area contributed by atoms with E-state index in [4.69, 9.17) is 9.47 Å². The van der Waals surface area contributed by atoms with E-state index in [9.17, 15) is 14.7 Å². The number of H-pyrrole nitrogens is 1. The van der Waals surface area contributed by atoms with Crippen LogP contribution in [-0.2, 0) is 9.59 Å². The molecule has 1 aromatic heterocycles. The molecule has 2 N–H and O–H groups in total. The van der Waals surface area contributed by atoms with Gasteiger partial charge in [0.05, 0.1) is 24.8 Å². The summed E-state index contributed by atoms with van der Waals surface area (Å²) in [7, 11) is 0. The van der Waals surface area contributed by atoms with Crippen LogP contribution in [0.2, 0.25) is 0 Å². The molecule has 1 atom stereocenters. The standard InChI is InChI=1S/C30H28N2O5/c1-4-36-24-14-13-20(16-25(24)37-5-2)32-27(19-10-8-9-18(3)15-19)26(29(34)30(32)35)28(33)22-17-31-23-12-7-6-11-21(22)23/h6-17,27,31,33H,4-5H2,1-3H3/b28-26-. The number of ketones is 1. The maximum atomic E-state index is 13.6. The molecule has 1 amide bonds. The normalized spacial score (nSPS) is 16.9. The number of nitrogens with one attached hydrogen (secondary N) is 1. The first-order valence-corrected chi connectivity index (χ1v) is 12.3. The Hall–Kier alpha value is -4.52. The lowest BCUT2D eigenvalue weighted by molar-refractivity contribution is -0.132. The van der Waals surface area contributed by atoms with E-state index >= 15 is 0 Å². The van der Waals surface area contributed by atoms with Crippen LogP contribution in [0, 0.1) is 6.92 Å². The predicted octanol–water partition coefficient (Wildman–Crippen LogP) is 5.90. The molecule has 37 heavy (non-hydrogen) atoms. The van der Waals surface area contributed by atoms with E-state index in [-0.39, 0.29) is 11.3 Å². The summed E-state index contributed by atoms with van der Waals surface area (Å²) in [5.41, 5.74) is 3.47. The topological polar surface area (TPSA) is 91.9 Å². The van der Waals surface area contributed by atoms with Gasteiger partial charge in [0.2, 0.25) is 0 Å². The van der Waals surface area contributed by atoms with Gasteiger partial charge in [0.25, 0.3) is 11.7 Å². The third-order valence-electron chi connectivity index (χ3n) is 6.45. The largest absolute Gasteiger partial charge is 0.507 e. The molecule has 1 fully saturated rings. The minimum atomic E-state index is -0.832. The van der Waals surface area contributed by atoms with Crippen LogP contribution in [0.25, 0.3) is 16.7 Å². The molecular formula is C30H28N2O5. The summed E-state index contributed by atoms with van der Waals surface area (Å²) >= 11 is 0. The summed E-state index contributed by atoms with van der Waals surface area (Å²) in [6.45, 7) is 6.55. The summed E-state index contributed by atoms with van der Waals surface area (Å²) in [4.78, 5) is 31.6. The number of rotatable bonds is 7. The number of Topliss-reactive ketones (excluding diaryl/α,β-unsaturated/α-hetero) is 1. The van der Waals surface area contributed by atoms with Gasteiger partial charge < -0.3 is 19.6 Å². The van der Waals surface area contributed by atoms with Crippen LogP contribution in [0.3, 0.4) is 0 Å². The highest BCUT2D eigenvalue weighted by molar-refractivity contribution is 6.51. The van der Waals surface area contributed by atoms with E-state index in [1.54, 1.807) is 24.4 Å². The van der Waals surface area contributed by atoms with Gasteiger partial charge in [-0.1, -0.05) is 48.0 Å². The molecule has 0 bridgehead atoms. The lowest BCUT2D eigenvalue weighted by Crippen LogP contribution is -2.29. The van der Waals surface area contributed by atoms with Crippen LogP contribution >= 0.6 is 0 Å². The molecule has 4 aromatic rings. The van der Waals surface area contributed by atoms with Crippen molar-refractivity contribution in [3.8, 4) is 11.5 Å². The second-order valence-electron chi connectivity index (χ2n) is 8.83. The fraction of sp³-hybridized carbons (Fsp3) is 0.200. The van der Waals surface area contributed by atoms with Gasteiger partial charge in [-0.2, -0.15) is 0 Å². The first-order valence-electron chi connectivity index (χ1n) is 12.3. The second kappa shape index (κ2) is 9.85. The fourth-order valence-corrected chi connectivity index (χ4v) is 4.86. The van der Waals surface area contributed by atoms with E-state index in [0.29, 0.717) is 41.5 Å². The predicted molar refractivity (Wildman–Crippen MR) is 143 cm³/mol. The number of nitrogens with zero attached hydrogens (tertiary/aromatic N) is 1. The Bertz CT molecular complexity index is 1530. The van der Waals surface area contributed by atoms with Crippen molar-refractivity contribution in [3.63, 3.8) is 0 Å². The zero-order valence-corrected chi connectivity index (χ0v) is 20.9. The van der Waals surface area contributed by atoms with Crippen molar-refractivity contribution in [1.82, 2.24) is 4.98 Å². The maximum Gasteiger partial charge on any atom is 0.300 e. The van der Waals surface area contributed by atoms with E-state index in [2.05, 4.69) is 4.98 Å². The molecule has 188 valence electrons. The molecule has 7 nitrogen and oxygen atoms in total. The van der Waals surface area contributed by atoms with Crippen molar-refractivity contribution < 1.29 is 24.2 Å². The number of anilines is 1. The third kappa shape index (κ3) is 4.22. The number of hydrogen-bond acceptors (Lipinski definition) is 5. The Morgan fingerprint density at radius 3 is 2.46 bits per heavy atom. The van der Waals surface area contributed by atoms with E-state index in [0.717, 1.165) is 16.5 Å². The molecule has 3 aromatic carbocycles. The molecule has 0 aliphatic carbocycles. The van der Waals surface area contributed by atoms with Crippen LogP contribution in [-0.4, -0.2) is 35.0 Å². The van der Waals surface area contributed by atoms with Crippen LogP contribution in [0.5, 0.6) is 11.5 Å². The van der Waals surface area contributed by atoms with Crippen molar-refractivity contribution >= 4 is 34.0 Å². The maximum absolute atomic E-state index is 13.6. The van der Waals surface area contributed by atoms with Gasteiger partial charge >= 0.3 is 0 Å². The minimum absolute atomic E-state index is 0.0344. The Labute approximate surface area is 214 Å². The molecular weight excluding hydrogens is 468 g/mol. The summed E-state index contributed by atoms with van der Waals surface area (Å²) in [5.74, 6) is -0.666. The Morgan fingerprint density at radius 1 is 0.946 bits per heavy atom. The number of amides is 1. The minimum Gasteiger partial charge on any atom is -0.507 e. The molecule has 1 aliphatic rings. The van der Waals surface area contributed by atoms with E-state index in [1.165, 1.54) is 4.90 Å². The summed E-state index contributed by atoms with van der Waals surface area (Å²) < 4.78 is 11.5. The third-order valence-corrected chi connectivity index (χ3v) is 6.45. The van der Waals surface area contributed by atoms with E-state index in [1.807, 2.05) is 69.3 Å². The van der Waals surface area contributed by atoms with Gasteiger partial charge in [0.15, 0.2) is 11.5 Å². The number of aliphatic hydroxyl groups is 1. The molecule has 5 rings (SSSR count). The summed E-state index contributed by atoms with van der Waals surface area (Å²) in [6.07, 6.45) is 1.66. The molecule has 7 heteroatoms. The van der Waals surface area contributed by atoms with Crippen LogP contribution in [0.4, 0.5) is 5.69 Å². The number of benzene rings is 3. The number of aromatic nitrogens is 1. The second-order valence-corrected chi connectivity index (χ2v) is 8.83. The number of hydrogen-bond donors (Lipinski definition) is 2. The number of aliphatic hydroxyl groups excluding tert-OH is 1. The fourth-order valence-electron chi connectivity index (χ4n) is 4.86. The molecule has 0 radical (unpaired) electrons. The Balaban J connectivity index is 1.72. The van der Waals surface area contributed by atoms with Crippen molar-refractivity contribution in [2.24, 2.45) is 0 Å². The molecule has 0 saturated carbocycles. The Morgan fingerprint density at radius 2 is 1.70 bits per heavy atom. The monoisotopic (exact) mass is 496 g/mol. The SMILES string of the molecule is CCOc1ccc(N2C(=O)C(=O)/C(=C(\O)c3c[nH]c4ccccc34)C2c2cccc(C)c2)cc1OCC. The molecule has 0 spiro atoms. The van der Waals surface area contributed by atoms with Crippen molar-refractivity contribution in [1.29, 1.82) is 0 Å². The van der Waals surface area contributed by atoms with Gasteiger partial charge in [-0.25, -0.2) is 0 Å². The highest BCUT2D eigenvalue weighted by Crippen LogP contribution is 2.45. The highest BCUT2D eigenvalue weighted by Gasteiger charge is 2.47. The van der Waals surface area contributed by atoms with Crippen LogP contribution in [0.1, 0.15) is 36.6 Å². The zero-order chi connectivity index (χ0) is 26.1. The van der Waals surface area contributed by atoms with Crippen molar-refractivity contribution in [2.45, 2.75) is 26.8 Å². The summed E-state index contributed by atoms with van der Waals surface area (Å²) in [5, 5.41) is 12.3. The number of carbonyl (C=O) groups is 2. The lowest BCUT2D eigenvalue weighted by atomic mass is 9.94. The molecule has 1 aliphatic heterocycles. The molecule has 1 unspecified atom stereocenters. The Kier molecular flexibility index (Phi) is 6.44. The van der Waals surface area contributed by atoms with Gasteiger partial charge in [-0.3, -0.25) is 14.5 Å². The first-order chi connectivity index (χ1) is 17.9. The highest BCUT2D eigenvalue weighted by atomic mass is 16.5. The molecule has 2 heterocycles. The number of fused-ring (bicyclic) bond motifs is 1. The van der Waals surface area contributed by atoms with Crippen LogP contribution in [0.15, 0.2) is 78.5 Å². The average Bonchev–Trinajstić information content (AvgIpc) is 3.44. The number of carbonyl (C=O) groups excluding carboxylic acids is 2. The van der Waals surface area contributed by atoms with Gasteiger partial charge in [-0.05, 0) is 44.5 Å². The van der Waals surface area contributed by atoms with E-state index < -0.39 is 17.7 Å². The quantitative estimate of drug-likeness (QED) is 0.189. The van der Waals surface area contributed by atoms with Crippen LogP contribution < -0.4 is 14.4 Å². The number of para-hydroxylation sites is 1. The average molecular weight is 497 g/mol. The van der Waals surface area contributed by atoms with Crippen molar-refractivity contribution in [3.05, 3.63) is 95.2 Å². The van der Waals surface area contributed by atoms with Crippen molar-refractivity contribution in [2.75, 3.05) is 18.1 Å². The molecule has 1 saturated heterocycles. The number of ether oxygens (including phenoxy) is 2. The first kappa shape index (κ1) is 24.2. The zero-order valence-electron chi connectivity index (χ0n) is 20.9. The smallest absolute Gasteiger partial charge is 0.300 e. The number of aromatic amines is 1. The van der Waals surface area contributed by atoms with Gasteiger partial charge in [-0.15, -0.1) is 0 Å². The van der Waals surface area contributed by atoms with Gasteiger partial charge in [0.1, 0.15) is 5.76 Å².